The van der Waals surface area contributed by atoms with E-state index in [1.807, 2.05) is 0 Å². The lowest BCUT2D eigenvalue weighted by Gasteiger charge is -2.30. The van der Waals surface area contributed by atoms with E-state index < -0.39 is 30.0 Å². The molecular weight excluding hydrogens is 334 g/mol. The van der Waals surface area contributed by atoms with Crippen LogP contribution in [-0.4, -0.2) is 35.4 Å². The fourth-order valence-electron chi connectivity index (χ4n) is 2.49. The summed E-state index contributed by atoms with van der Waals surface area (Å²) in [6, 6.07) is 6.35. The van der Waals surface area contributed by atoms with Crippen LogP contribution in [0.2, 0.25) is 0 Å². The number of hydrogen-bond acceptors (Lipinski definition) is 5. The monoisotopic (exact) mass is 351 g/mol. The molecule has 5 N–H and O–H groups in total. The Balaban J connectivity index is 2.06. The summed E-state index contributed by atoms with van der Waals surface area (Å²) in [5.41, 5.74) is 6.36. The molecule has 1 aromatic rings. The third-order valence-corrected chi connectivity index (χ3v) is 4.20. The fraction of sp³-hybridized carbons (Fsp3) is 0.312. The third kappa shape index (κ3) is 4.12. The molecule has 1 aliphatic rings. The number of hydrogen-bond donors (Lipinski definition) is 4. The maximum absolute atomic E-state index is 12.3. The first-order valence-corrected chi connectivity index (χ1v) is 7.76. The maximum Gasteiger partial charge on any atom is 0.353 e. The van der Waals surface area contributed by atoms with E-state index in [2.05, 4.69) is 10.6 Å². The molecule has 0 fully saturated rings. The van der Waals surface area contributed by atoms with E-state index in [0.29, 0.717) is 24.7 Å². The Hall–Kier alpha value is -2.38. The van der Waals surface area contributed by atoms with Crippen molar-refractivity contribution in [1.82, 2.24) is 10.6 Å². The van der Waals surface area contributed by atoms with Crippen LogP contribution in [0, 0.1) is 0 Å². The van der Waals surface area contributed by atoms with Crippen molar-refractivity contribution in [3.63, 3.8) is 0 Å². The Morgan fingerprint density at radius 2 is 2.04 bits per heavy atom. The van der Waals surface area contributed by atoms with Crippen LogP contribution in [0.3, 0.4) is 0 Å². The Bertz CT molecular complexity index is 663. The highest BCUT2D eigenvalue weighted by Gasteiger charge is 2.31. The van der Waals surface area contributed by atoms with Gasteiger partial charge in [0.05, 0.1) is 6.04 Å². The van der Waals surface area contributed by atoms with Gasteiger partial charge in [-0.1, -0.05) is 41.9 Å². The molecule has 0 spiro atoms. The van der Waals surface area contributed by atoms with Crippen molar-refractivity contribution < 1.29 is 19.5 Å². The summed E-state index contributed by atoms with van der Waals surface area (Å²) in [5, 5.41) is 14.5. The van der Waals surface area contributed by atoms with Crippen LogP contribution in [0.1, 0.15) is 24.4 Å². The van der Waals surface area contributed by atoms with Crippen LogP contribution < -0.4 is 16.4 Å². The number of nitrogens with two attached hydrogens (primary N) is 1. The van der Waals surface area contributed by atoms with Crippen LogP contribution in [0.15, 0.2) is 41.1 Å². The van der Waals surface area contributed by atoms with E-state index in [-0.39, 0.29) is 10.7 Å². The highest BCUT2D eigenvalue weighted by Crippen LogP contribution is 2.23. The first-order chi connectivity index (χ1) is 11.4. The number of halogens is 1. The van der Waals surface area contributed by atoms with E-state index in [9.17, 15) is 14.4 Å². The Kier molecular flexibility index (Phi) is 5.94. The highest BCUT2D eigenvalue weighted by atomic mass is 35.5. The molecule has 0 saturated heterocycles. The van der Waals surface area contributed by atoms with E-state index >= 15 is 0 Å². The predicted molar refractivity (Wildman–Crippen MR) is 88.0 cm³/mol. The molecule has 2 rings (SSSR count). The van der Waals surface area contributed by atoms with Crippen molar-refractivity contribution in [3.05, 3.63) is 46.6 Å². The van der Waals surface area contributed by atoms with Crippen molar-refractivity contribution in [2.75, 3.05) is 0 Å². The van der Waals surface area contributed by atoms with Gasteiger partial charge in [0.2, 0.25) is 5.91 Å². The largest absolute Gasteiger partial charge is 0.477 e. The molecule has 1 aromatic carbocycles. The molecule has 0 radical (unpaired) electrons. The van der Waals surface area contributed by atoms with Crippen molar-refractivity contribution >= 4 is 29.8 Å². The predicted octanol–water partition coefficient (Wildman–Crippen LogP) is 0.657. The van der Waals surface area contributed by atoms with E-state index in [4.69, 9.17) is 22.4 Å². The number of aliphatic carboxylic acids is 1. The van der Waals surface area contributed by atoms with Gasteiger partial charge in [-0.15, -0.1) is 0 Å². The summed E-state index contributed by atoms with van der Waals surface area (Å²) >= 11 is 5.87. The zero-order chi connectivity index (χ0) is 17.7. The quantitative estimate of drug-likeness (QED) is 0.558. The van der Waals surface area contributed by atoms with Gasteiger partial charge in [0, 0.05) is 5.03 Å². The van der Waals surface area contributed by atoms with Gasteiger partial charge in [-0.2, -0.15) is 0 Å². The minimum Gasteiger partial charge on any atom is -0.477 e. The van der Waals surface area contributed by atoms with Gasteiger partial charge in [0.15, 0.2) is 0 Å². The summed E-state index contributed by atoms with van der Waals surface area (Å²) in [7, 11) is 0. The normalized spacial score (nSPS) is 19.8. The molecule has 0 aromatic heterocycles. The van der Waals surface area contributed by atoms with Crippen LogP contribution in [0.4, 0.5) is 0 Å². The topological polar surface area (TPSA) is 122 Å². The average molecular weight is 352 g/mol. The number of carbonyl (C=O) groups is 3. The number of allylic oxidation sites excluding steroid dienone is 1. The number of rotatable bonds is 6. The van der Waals surface area contributed by atoms with Crippen LogP contribution in [-0.2, 0) is 14.4 Å². The minimum atomic E-state index is -1.21. The first-order valence-electron chi connectivity index (χ1n) is 7.38. The molecule has 0 bridgehead atoms. The number of amides is 1. The first kappa shape index (κ1) is 18.0. The average Bonchev–Trinajstić information content (AvgIpc) is 2.60. The zero-order valence-corrected chi connectivity index (χ0v) is 13.5. The Morgan fingerprint density at radius 1 is 1.38 bits per heavy atom. The molecule has 7 nitrogen and oxygen atoms in total. The van der Waals surface area contributed by atoms with Crippen LogP contribution in [0.25, 0.3) is 0 Å². The standard InChI is InChI=1S/C16H18ClN3O4/c17-10-6-7-11(19-14(10)16(23)24)12(8-21)20-15(22)13(18)9-4-2-1-3-5-9/h1-5,8,11-13,19H,6-7,18H2,(H,20,22)(H,23,24)/t11-,12-,13-/m1/s1. The van der Waals surface area contributed by atoms with Gasteiger partial charge in [0.25, 0.3) is 0 Å². The number of nitrogens with one attached hydrogen (secondary N) is 2. The molecule has 3 atom stereocenters. The molecule has 8 heteroatoms. The lowest BCUT2D eigenvalue weighted by atomic mass is 9.98. The molecule has 0 unspecified atom stereocenters. The highest BCUT2D eigenvalue weighted by molar-refractivity contribution is 6.31. The molecule has 1 heterocycles. The summed E-state index contributed by atoms with van der Waals surface area (Å²) in [6.45, 7) is 0. The van der Waals surface area contributed by atoms with Crippen molar-refractivity contribution in [2.24, 2.45) is 5.73 Å². The van der Waals surface area contributed by atoms with Crippen molar-refractivity contribution in [3.8, 4) is 0 Å². The second-order valence-electron chi connectivity index (χ2n) is 5.43. The van der Waals surface area contributed by atoms with Crippen LogP contribution in [0.5, 0.6) is 0 Å². The molecule has 128 valence electrons. The fourth-order valence-corrected chi connectivity index (χ4v) is 2.73. The number of carboxylic acids is 1. The van der Waals surface area contributed by atoms with E-state index in [1.165, 1.54) is 0 Å². The Labute approximate surface area is 143 Å². The number of carboxylic acid groups (broad SMARTS) is 1. The minimum absolute atomic E-state index is 0.152. The van der Waals surface area contributed by atoms with Crippen molar-refractivity contribution in [2.45, 2.75) is 31.0 Å². The summed E-state index contributed by atoms with van der Waals surface area (Å²) in [4.78, 5) is 34.8. The summed E-state index contributed by atoms with van der Waals surface area (Å²) in [6.07, 6.45) is 1.29. The SMILES string of the molecule is N[C@@H](C(=O)N[C@H](C=O)[C@H]1CCC(Cl)=C(C(=O)O)N1)c1ccccc1. The lowest BCUT2D eigenvalue weighted by Crippen LogP contribution is -2.54. The second kappa shape index (κ2) is 7.94. The smallest absolute Gasteiger partial charge is 0.353 e. The summed E-state index contributed by atoms with van der Waals surface area (Å²) in [5.74, 6) is -1.72. The second-order valence-corrected chi connectivity index (χ2v) is 5.89. The van der Waals surface area contributed by atoms with Gasteiger partial charge in [-0.3, -0.25) is 4.79 Å². The number of aldehydes is 1. The number of carbonyl (C=O) groups excluding carboxylic acids is 2. The van der Waals surface area contributed by atoms with Gasteiger partial charge in [-0.05, 0) is 18.4 Å². The van der Waals surface area contributed by atoms with Gasteiger partial charge < -0.3 is 26.3 Å². The number of benzene rings is 1. The maximum atomic E-state index is 12.3. The molecule has 24 heavy (non-hydrogen) atoms. The Morgan fingerprint density at radius 3 is 2.62 bits per heavy atom. The van der Waals surface area contributed by atoms with Gasteiger partial charge in [-0.25, -0.2) is 4.79 Å². The third-order valence-electron chi connectivity index (χ3n) is 3.82. The van der Waals surface area contributed by atoms with Gasteiger partial charge in [0.1, 0.15) is 24.1 Å². The molecule has 1 aliphatic heterocycles. The van der Waals surface area contributed by atoms with E-state index in [0.717, 1.165) is 0 Å². The van der Waals surface area contributed by atoms with Crippen molar-refractivity contribution in [1.29, 1.82) is 0 Å². The summed E-state index contributed by atoms with van der Waals surface area (Å²) < 4.78 is 0. The molecular formula is C16H18ClN3O4. The molecule has 1 amide bonds. The molecule has 0 aliphatic carbocycles. The van der Waals surface area contributed by atoms with E-state index in [1.54, 1.807) is 30.3 Å². The zero-order valence-electron chi connectivity index (χ0n) is 12.7. The molecule has 0 saturated carbocycles. The van der Waals surface area contributed by atoms with Crippen LogP contribution >= 0.6 is 11.6 Å². The van der Waals surface area contributed by atoms with Gasteiger partial charge >= 0.3 is 5.97 Å². The lowest BCUT2D eigenvalue weighted by molar-refractivity contribution is -0.133.